The predicted octanol–water partition coefficient (Wildman–Crippen LogP) is 7.21. The minimum atomic E-state index is -0.357. The van der Waals surface area contributed by atoms with Gasteiger partial charge in [0.1, 0.15) is 0 Å². The second-order valence-electron chi connectivity index (χ2n) is 7.21. The molecule has 4 heteroatoms. The van der Waals surface area contributed by atoms with E-state index in [1.54, 1.807) is 18.3 Å². The Labute approximate surface area is 207 Å². The van der Waals surface area contributed by atoms with Crippen molar-refractivity contribution in [2.24, 2.45) is 0 Å². The van der Waals surface area contributed by atoms with E-state index < -0.39 is 0 Å². The van der Waals surface area contributed by atoms with Crippen LogP contribution in [0, 0.1) is 24.9 Å². The molecule has 5 aromatic rings. The molecule has 33 heavy (non-hydrogen) atoms. The molecular formula is C29H21FIrN2-2. The molecule has 0 N–H and O–H groups in total. The molecule has 0 amide bonds. The first-order chi connectivity index (χ1) is 15.7. The van der Waals surface area contributed by atoms with Crippen molar-refractivity contribution < 1.29 is 24.5 Å². The van der Waals surface area contributed by atoms with Crippen LogP contribution in [0.1, 0.15) is 5.56 Å². The fourth-order valence-corrected chi connectivity index (χ4v) is 3.16. The molecule has 1 radical (unpaired) electrons. The summed E-state index contributed by atoms with van der Waals surface area (Å²) in [6.07, 6.45) is 3.60. The summed E-state index contributed by atoms with van der Waals surface area (Å²) in [6.45, 7) is 1.96. The third-order valence-electron chi connectivity index (χ3n) is 4.80. The van der Waals surface area contributed by atoms with Crippen molar-refractivity contribution in [2.75, 3.05) is 0 Å². The normalized spacial score (nSPS) is 9.88. The number of hydrogen-bond donors (Lipinski definition) is 0. The monoisotopic (exact) mass is 609 g/mol. The molecule has 0 aliphatic heterocycles. The summed E-state index contributed by atoms with van der Waals surface area (Å²) >= 11 is 0. The Morgan fingerprint density at radius 1 is 0.697 bits per heavy atom. The number of rotatable bonds is 3. The van der Waals surface area contributed by atoms with Crippen LogP contribution in [-0.4, -0.2) is 9.97 Å². The van der Waals surface area contributed by atoms with Crippen LogP contribution in [0.2, 0.25) is 0 Å². The van der Waals surface area contributed by atoms with Gasteiger partial charge in [0.2, 0.25) is 0 Å². The Hall–Kier alpha value is -3.46. The van der Waals surface area contributed by atoms with Gasteiger partial charge < -0.3 is 9.97 Å². The van der Waals surface area contributed by atoms with Crippen LogP contribution in [0.25, 0.3) is 33.6 Å². The number of pyridine rings is 2. The fraction of sp³-hybridized carbons (Fsp3) is 0.0345. The van der Waals surface area contributed by atoms with E-state index in [2.05, 4.69) is 40.3 Å². The zero-order valence-electron chi connectivity index (χ0n) is 18.0. The smallest absolute Gasteiger partial charge is 0.0405 e. The number of halogens is 1. The first kappa shape index (κ1) is 24.2. The molecule has 0 bridgehead atoms. The van der Waals surface area contributed by atoms with Crippen molar-refractivity contribution in [2.45, 2.75) is 6.92 Å². The predicted molar refractivity (Wildman–Crippen MR) is 127 cm³/mol. The summed E-state index contributed by atoms with van der Waals surface area (Å²) in [4.78, 5) is 8.60. The molecule has 0 aliphatic carbocycles. The molecule has 3 aromatic carbocycles. The number of hydrogen-bond acceptors (Lipinski definition) is 2. The van der Waals surface area contributed by atoms with E-state index in [-0.39, 0.29) is 25.9 Å². The van der Waals surface area contributed by atoms with E-state index in [9.17, 15) is 4.39 Å². The zero-order chi connectivity index (χ0) is 22.2. The van der Waals surface area contributed by atoms with Crippen molar-refractivity contribution in [1.29, 1.82) is 0 Å². The van der Waals surface area contributed by atoms with Gasteiger partial charge in [-0.3, -0.25) is 0 Å². The zero-order valence-corrected chi connectivity index (χ0v) is 20.4. The Morgan fingerprint density at radius 2 is 1.48 bits per heavy atom. The van der Waals surface area contributed by atoms with Gasteiger partial charge in [-0.05, 0) is 41.1 Å². The molecular weight excluding hydrogens is 588 g/mol. The average molecular weight is 609 g/mol. The van der Waals surface area contributed by atoms with E-state index in [0.717, 1.165) is 22.5 Å². The van der Waals surface area contributed by atoms with Crippen LogP contribution in [-0.2, 0) is 20.1 Å². The second kappa shape index (κ2) is 12.0. The molecule has 0 fully saturated rings. The van der Waals surface area contributed by atoms with E-state index in [0.29, 0.717) is 5.56 Å². The summed E-state index contributed by atoms with van der Waals surface area (Å²) in [5.41, 5.74) is 6.88. The van der Waals surface area contributed by atoms with Crippen molar-refractivity contribution in [3.8, 4) is 33.6 Å². The Morgan fingerprint density at radius 3 is 2.18 bits per heavy atom. The Bertz CT molecular complexity index is 1220. The second-order valence-corrected chi connectivity index (χ2v) is 7.21. The van der Waals surface area contributed by atoms with Gasteiger partial charge in [0.05, 0.1) is 0 Å². The quantitative estimate of drug-likeness (QED) is 0.202. The number of benzene rings is 3. The Kier molecular flexibility index (Phi) is 8.77. The first-order valence-corrected chi connectivity index (χ1v) is 10.3. The molecule has 165 valence electrons. The van der Waals surface area contributed by atoms with Crippen molar-refractivity contribution in [3.63, 3.8) is 0 Å². The van der Waals surface area contributed by atoms with Gasteiger partial charge in [0.15, 0.2) is 0 Å². The third-order valence-corrected chi connectivity index (χ3v) is 4.80. The van der Waals surface area contributed by atoms with E-state index in [4.69, 9.17) is 0 Å². The summed E-state index contributed by atoms with van der Waals surface area (Å²) in [5, 5.41) is 0. The summed E-state index contributed by atoms with van der Waals surface area (Å²) in [7, 11) is 0. The van der Waals surface area contributed by atoms with Crippen LogP contribution >= 0.6 is 0 Å². The number of nitrogens with zero attached hydrogens (tertiary/aromatic N) is 2. The summed E-state index contributed by atoms with van der Waals surface area (Å²) < 4.78 is 12.8. The van der Waals surface area contributed by atoms with Crippen LogP contribution in [0.3, 0.4) is 0 Å². The van der Waals surface area contributed by atoms with Gasteiger partial charge in [-0.1, -0.05) is 48.5 Å². The van der Waals surface area contributed by atoms with Gasteiger partial charge in [-0.25, -0.2) is 4.39 Å². The van der Waals surface area contributed by atoms with Crippen LogP contribution in [0.15, 0.2) is 109 Å². The van der Waals surface area contributed by atoms with Gasteiger partial charge in [0, 0.05) is 38.3 Å². The minimum absolute atomic E-state index is 0. The van der Waals surface area contributed by atoms with Gasteiger partial charge in [0.25, 0.3) is 0 Å². The van der Waals surface area contributed by atoms with Crippen molar-refractivity contribution in [1.82, 2.24) is 9.97 Å². The Balaban J connectivity index is 0.000000186. The third kappa shape index (κ3) is 6.76. The molecule has 2 heterocycles. The largest absolute Gasteiger partial charge is 0.305 e. The van der Waals surface area contributed by atoms with Crippen molar-refractivity contribution in [3.05, 3.63) is 133 Å². The standard InChI is InChI=1S/C17H12N.C12H9FN.Ir/c1-3-7-14(8-4-1)16-11-12-18-17(13-16)15-9-5-2-6-10-15;1-9-5-6-12(14-8-9)10-3-2-4-11(13)7-10;/h1-9,11-13H;2-6,8H,1H3;/q2*-1;. The molecule has 5 rings (SSSR count). The van der Waals surface area contributed by atoms with E-state index in [1.807, 2.05) is 73.8 Å². The van der Waals surface area contributed by atoms with Crippen LogP contribution < -0.4 is 0 Å². The van der Waals surface area contributed by atoms with Gasteiger partial charge >= 0.3 is 0 Å². The molecule has 0 unspecified atom stereocenters. The van der Waals surface area contributed by atoms with E-state index >= 15 is 0 Å². The molecule has 2 aromatic heterocycles. The number of aryl methyl sites for hydroxylation is 1. The fourth-order valence-electron chi connectivity index (χ4n) is 3.16. The molecule has 0 spiro atoms. The molecule has 0 saturated carbocycles. The maximum atomic E-state index is 12.8. The topological polar surface area (TPSA) is 25.8 Å². The molecule has 0 atom stereocenters. The molecule has 2 nitrogen and oxygen atoms in total. The van der Waals surface area contributed by atoms with Crippen LogP contribution in [0.5, 0.6) is 0 Å². The van der Waals surface area contributed by atoms with Crippen LogP contribution in [0.4, 0.5) is 4.39 Å². The molecule has 0 saturated heterocycles. The van der Waals surface area contributed by atoms with Gasteiger partial charge in [-0.15, -0.1) is 65.7 Å². The van der Waals surface area contributed by atoms with Crippen molar-refractivity contribution >= 4 is 0 Å². The van der Waals surface area contributed by atoms with E-state index in [1.165, 1.54) is 17.2 Å². The maximum absolute atomic E-state index is 12.8. The summed E-state index contributed by atoms with van der Waals surface area (Å²) in [5.74, 6) is -0.357. The first-order valence-electron chi connectivity index (χ1n) is 10.3. The average Bonchev–Trinajstić information content (AvgIpc) is 2.86. The minimum Gasteiger partial charge on any atom is -0.305 e. The number of aromatic nitrogens is 2. The summed E-state index contributed by atoms with van der Waals surface area (Å²) in [6, 6.07) is 36.8. The molecule has 0 aliphatic rings. The SMILES string of the molecule is Cc1ccc(-c2[c-]c(F)ccc2)nc1.[Ir].[c-]1ccccc1-c1cc(-c2ccccc2)ccn1. The van der Waals surface area contributed by atoms with Gasteiger partial charge in [-0.2, -0.15) is 0 Å². The maximum Gasteiger partial charge on any atom is 0.0405 e.